The van der Waals surface area contributed by atoms with Crippen molar-refractivity contribution >= 4 is 34.0 Å². The number of thiophene rings is 1. The quantitative estimate of drug-likeness (QED) is 0.0880. The van der Waals surface area contributed by atoms with E-state index in [2.05, 4.69) is 58.6 Å². The van der Waals surface area contributed by atoms with Gasteiger partial charge in [-0.25, -0.2) is 9.97 Å². The topological polar surface area (TPSA) is 97.4 Å². The van der Waals surface area contributed by atoms with Crippen molar-refractivity contribution in [1.82, 2.24) is 20.6 Å². The van der Waals surface area contributed by atoms with Gasteiger partial charge in [0, 0.05) is 35.8 Å². The van der Waals surface area contributed by atoms with Crippen LogP contribution < -0.4 is 25.4 Å². The summed E-state index contributed by atoms with van der Waals surface area (Å²) in [7, 11) is 3.66. The minimum atomic E-state index is 0.0531. The summed E-state index contributed by atoms with van der Waals surface area (Å²) in [5, 5.41) is 13.3. The molecule has 0 saturated heterocycles. The first-order chi connectivity index (χ1) is 25.3. The van der Waals surface area contributed by atoms with Gasteiger partial charge in [-0.3, -0.25) is 4.79 Å². The van der Waals surface area contributed by atoms with Gasteiger partial charge in [-0.2, -0.15) is 0 Å². The number of methoxy groups -OCH3 is 1. The standard InChI is InChI=1S/C43H57N5O3S/c1-28(40-19-34(27-52-40)35-13-9-8-12-33(35)26-44-3)46-42-36-20-38(50-4)39(21-37(36)47-29(2)48-42)51-15-11-7-5-6-10-14-45-41(49)25-43-22-30-16-31(23-43)18-32(17-30)24-43/h8-9,12-13,19-21,27-28,30-32,44H,5-7,10-11,14-18,22-26H2,1-4H3,(H,45,49)(H,46,47,48)/t28-,30?,31?,32?,43?/m1/s1. The summed E-state index contributed by atoms with van der Waals surface area (Å²) < 4.78 is 12.0. The molecule has 0 aliphatic heterocycles. The number of unbranched alkanes of at least 4 members (excludes halogenated alkanes) is 4. The van der Waals surface area contributed by atoms with Crippen molar-refractivity contribution in [2.24, 2.45) is 23.2 Å². The fraction of sp³-hybridized carbons (Fsp3) is 0.558. The highest BCUT2D eigenvalue weighted by Crippen LogP contribution is 2.61. The number of rotatable bonds is 18. The van der Waals surface area contributed by atoms with E-state index in [0.717, 1.165) is 86.1 Å². The largest absolute Gasteiger partial charge is 0.493 e. The molecule has 4 aromatic rings. The highest BCUT2D eigenvalue weighted by molar-refractivity contribution is 7.10. The lowest BCUT2D eigenvalue weighted by Gasteiger charge is -2.56. The SMILES string of the molecule is CNCc1ccccc1-c1csc([C@@H](C)Nc2nc(C)nc3cc(OCCCCCCCNC(=O)CC45CC6CC(CC(C6)C4)C5)c(OC)cc23)c1. The zero-order chi connectivity index (χ0) is 36.1. The van der Waals surface area contributed by atoms with Crippen molar-refractivity contribution in [1.29, 1.82) is 0 Å². The molecule has 2 aromatic carbocycles. The fourth-order valence-electron chi connectivity index (χ4n) is 9.86. The second kappa shape index (κ2) is 16.5. The maximum absolute atomic E-state index is 12.8. The third-order valence-electron chi connectivity index (χ3n) is 11.8. The van der Waals surface area contributed by atoms with Gasteiger partial charge in [0.1, 0.15) is 11.6 Å². The summed E-state index contributed by atoms with van der Waals surface area (Å²) in [6.07, 6.45) is 14.3. The number of aromatic nitrogens is 2. The van der Waals surface area contributed by atoms with E-state index in [-0.39, 0.29) is 11.9 Å². The Balaban J connectivity index is 0.866. The van der Waals surface area contributed by atoms with E-state index < -0.39 is 0 Å². The van der Waals surface area contributed by atoms with Gasteiger partial charge in [0.15, 0.2) is 11.5 Å². The molecule has 2 heterocycles. The Morgan fingerprint density at radius 1 is 0.962 bits per heavy atom. The molecule has 4 aliphatic rings. The maximum Gasteiger partial charge on any atom is 0.220 e. The molecule has 9 heteroatoms. The number of nitrogens with zero attached hydrogens (tertiary/aromatic N) is 2. The first-order valence-corrected chi connectivity index (χ1v) is 20.5. The van der Waals surface area contributed by atoms with E-state index in [0.29, 0.717) is 29.3 Å². The van der Waals surface area contributed by atoms with Crippen molar-refractivity contribution in [3.05, 3.63) is 64.1 Å². The average Bonchev–Trinajstić information content (AvgIpc) is 3.61. The van der Waals surface area contributed by atoms with Crippen molar-refractivity contribution in [2.45, 2.75) is 103 Å². The van der Waals surface area contributed by atoms with Crippen LogP contribution in [0, 0.1) is 30.1 Å². The molecule has 8 rings (SSSR count). The zero-order valence-corrected chi connectivity index (χ0v) is 32.4. The number of hydrogen-bond donors (Lipinski definition) is 3. The molecule has 4 fully saturated rings. The number of fused-ring (bicyclic) bond motifs is 1. The fourth-order valence-corrected chi connectivity index (χ4v) is 10.8. The van der Waals surface area contributed by atoms with Gasteiger partial charge in [0.25, 0.3) is 0 Å². The second-order valence-electron chi connectivity index (χ2n) is 16.0. The van der Waals surface area contributed by atoms with Crippen LogP contribution in [0.5, 0.6) is 11.5 Å². The van der Waals surface area contributed by atoms with Crippen molar-refractivity contribution < 1.29 is 14.3 Å². The summed E-state index contributed by atoms with van der Waals surface area (Å²) >= 11 is 1.76. The summed E-state index contributed by atoms with van der Waals surface area (Å²) in [5.41, 5.74) is 4.94. The molecular weight excluding hydrogens is 667 g/mol. The van der Waals surface area contributed by atoms with Crippen LogP contribution in [-0.4, -0.2) is 43.2 Å². The molecule has 1 amide bonds. The highest BCUT2D eigenvalue weighted by Gasteiger charge is 2.51. The van der Waals surface area contributed by atoms with E-state index in [1.807, 2.05) is 26.1 Å². The number of amides is 1. The van der Waals surface area contributed by atoms with Gasteiger partial charge in [-0.15, -0.1) is 11.3 Å². The number of anilines is 1. The smallest absolute Gasteiger partial charge is 0.220 e. The van der Waals surface area contributed by atoms with Crippen molar-refractivity contribution in [2.75, 3.05) is 32.6 Å². The number of hydrogen-bond acceptors (Lipinski definition) is 8. The number of ether oxygens (including phenoxy) is 2. The van der Waals surface area contributed by atoms with E-state index in [9.17, 15) is 4.79 Å². The van der Waals surface area contributed by atoms with Crippen LogP contribution in [0.25, 0.3) is 22.0 Å². The summed E-state index contributed by atoms with van der Waals surface area (Å²) in [4.78, 5) is 23.6. The van der Waals surface area contributed by atoms with Gasteiger partial charge in [0.2, 0.25) is 5.91 Å². The minimum Gasteiger partial charge on any atom is -0.493 e. The highest BCUT2D eigenvalue weighted by atomic mass is 32.1. The zero-order valence-electron chi connectivity index (χ0n) is 31.6. The molecule has 1 atom stereocenters. The third-order valence-corrected chi connectivity index (χ3v) is 12.9. The first kappa shape index (κ1) is 36.7. The normalized spacial score (nSPS) is 22.4. The van der Waals surface area contributed by atoms with Crippen LogP contribution in [-0.2, 0) is 11.3 Å². The number of carbonyl (C=O) groups excluding carboxylic acids is 1. The molecule has 4 bridgehead atoms. The van der Waals surface area contributed by atoms with Crippen LogP contribution in [0.3, 0.4) is 0 Å². The second-order valence-corrected chi connectivity index (χ2v) is 16.9. The van der Waals surface area contributed by atoms with Gasteiger partial charge >= 0.3 is 0 Å². The molecule has 3 N–H and O–H groups in total. The number of carbonyl (C=O) groups is 1. The molecule has 8 nitrogen and oxygen atoms in total. The number of nitrogens with one attached hydrogen (secondary N) is 3. The monoisotopic (exact) mass is 723 g/mol. The summed E-state index contributed by atoms with van der Waals surface area (Å²) in [6.45, 7) is 6.35. The van der Waals surface area contributed by atoms with Crippen LogP contribution in [0.1, 0.15) is 106 Å². The molecule has 4 aliphatic carbocycles. The van der Waals surface area contributed by atoms with Crippen molar-refractivity contribution in [3.63, 3.8) is 0 Å². The summed E-state index contributed by atoms with van der Waals surface area (Å²) in [5.74, 6) is 5.86. The Labute approximate surface area is 313 Å². The predicted molar refractivity (Wildman–Crippen MR) is 212 cm³/mol. The van der Waals surface area contributed by atoms with Gasteiger partial charge < -0.3 is 25.4 Å². The molecule has 0 unspecified atom stereocenters. The van der Waals surface area contributed by atoms with E-state index >= 15 is 0 Å². The molecule has 4 saturated carbocycles. The minimum absolute atomic E-state index is 0.0531. The van der Waals surface area contributed by atoms with Crippen LogP contribution in [0.4, 0.5) is 5.82 Å². The Bertz CT molecular complexity index is 1800. The Hall–Kier alpha value is -3.69. The van der Waals surface area contributed by atoms with E-state index in [4.69, 9.17) is 19.4 Å². The average molecular weight is 724 g/mol. The lowest BCUT2D eigenvalue weighted by Crippen LogP contribution is -2.48. The lowest BCUT2D eigenvalue weighted by molar-refractivity contribution is -0.129. The van der Waals surface area contributed by atoms with E-state index in [1.165, 1.54) is 60.1 Å². The third kappa shape index (κ3) is 8.57. The number of aryl methyl sites for hydroxylation is 1. The van der Waals surface area contributed by atoms with Crippen LogP contribution >= 0.6 is 11.3 Å². The lowest BCUT2D eigenvalue weighted by atomic mass is 9.49. The number of benzene rings is 2. The van der Waals surface area contributed by atoms with Crippen LogP contribution in [0.15, 0.2) is 47.8 Å². The van der Waals surface area contributed by atoms with Crippen LogP contribution in [0.2, 0.25) is 0 Å². The van der Waals surface area contributed by atoms with Crippen molar-refractivity contribution in [3.8, 4) is 22.6 Å². The predicted octanol–water partition coefficient (Wildman–Crippen LogP) is 9.62. The van der Waals surface area contributed by atoms with Gasteiger partial charge in [-0.05, 0) is 130 Å². The Morgan fingerprint density at radius 3 is 2.44 bits per heavy atom. The molecule has 278 valence electrons. The molecule has 0 radical (unpaired) electrons. The van der Waals surface area contributed by atoms with Gasteiger partial charge in [0.05, 0.1) is 25.3 Å². The molecule has 2 aromatic heterocycles. The Kier molecular flexibility index (Phi) is 11.7. The van der Waals surface area contributed by atoms with E-state index in [1.54, 1.807) is 18.4 Å². The molecule has 52 heavy (non-hydrogen) atoms. The summed E-state index contributed by atoms with van der Waals surface area (Å²) in [6, 6.07) is 14.9. The molecule has 0 spiro atoms. The maximum atomic E-state index is 12.8. The van der Waals surface area contributed by atoms with Gasteiger partial charge in [-0.1, -0.05) is 43.5 Å². The molecular formula is C43H57N5O3S. The first-order valence-electron chi connectivity index (χ1n) is 19.6. The Morgan fingerprint density at radius 2 is 1.69 bits per heavy atom.